The van der Waals surface area contributed by atoms with Gasteiger partial charge in [-0.2, -0.15) is 0 Å². The lowest BCUT2D eigenvalue weighted by atomic mass is 10.2. The number of halogens is 1. The first-order chi connectivity index (χ1) is 11.0. The normalized spacial score (nSPS) is 22.4. The number of nitro benzene ring substituents is 1. The number of benzene rings is 1. The van der Waals surface area contributed by atoms with Crippen LogP contribution in [0.4, 0.5) is 5.69 Å². The van der Waals surface area contributed by atoms with Crippen molar-refractivity contribution in [3.8, 4) is 0 Å². The van der Waals surface area contributed by atoms with Crippen LogP contribution in [-0.2, 0) is 9.47 Å². The van der Waals surface area contributed by atoms with E-state index in [2.05, 4.69) is 5.32 Å². The van der Waals surface area contributed by atoms with Crippen molar-refractivity contribution in [2.75, 3.05) is 13.2 Å². The number of non-ortho nitro benzene ring substituents is 1. The Morgan fingerprint density at radius 2 is 2.17 bits per heavy atom. The van der Waals surface area contributed by atoms with Gasteiger partial charge in [-0.05, 0) is 18.9 Å². The van der Waals surface area contributed by atoms with Crippen LogP contribution in [0.1, 0.15) is 36.0 Å². The van der Waals surface area contributed by atoms with Gasteiger partial charge in [-0.3, -0.25) is 14.9 Å². The molecular formula is C15H17ClN2O5. The zero-order valence-corrected chi connectivity index (χ0v) is 13.2. The highest BCUT2D eigenvalue weighted by Gasteiger charge is 2.43. The second kappa shape index (κ2) is 6.43. The molecule has 1 aliphatic carbocycles. The van der Waals surface area contributed by atoms with E-state index in [0.717, 1.165) is 25.7 Å². The largest absolute Gasteiger partial charge is 0.349 e. The molecule has 0 radical (unpaired) electrons. The minimum atomic E-state index is -0.557. The molecule has 2 fully saturated rings. The molecule has 23 heavy (non-hydrogen) atoms. The van der Waals surface area contributed by atoms with Crippen molar-refractivity contribution in [1.82, 2.24) is 5.32 Å². The number of nitrogens with one attached hydrogen (secondary N) is 1. The van der Waals surface area contributed by atoms with Gasteiger partial charge in [0, 0.05) is 31.5 Å². The Morgan fingerprint density at radius 3 is 2.83 bits per heavy atom. The summed E-state index contributed by atoms with van der Waals surface area (Å²) in [7, 11) is 0. The molecule has 1 atom stereocenters. The first-order valence-corrected chi connectivity index (χ1v) is 7.91. The van der Waals surface area contributed by atoms with Gasteiger partial charge in [0.05, 0.1) is 22.1 Å². The zero-order valence-electron chi connectivity index (χ0n) is 12.4. The summed E-state index contributed by atoms with van der Waals surface area (Å²) in [6, 6.07) is 3.77. The molecule has 0 unspecified atom stereocenters. The molecule has 0 bridgehead atoms. The van der Waals surface area contributed by atoms with Gasteiger partial charge in [-0.1, -0.05) is 11.6 Å². The van der Waals surface area contributed by atoms with Crippen LogP contribution in [0.25, 0.3) is 0 Å². The highest BCUT2D eigenvalue weighted by Crippen LogP contribution is 2.39. The van der Waals surface area contributed by atoms with Gasteiger partial charge < -0.3 is 14.8 Å². The lowest BCUT2D eigenvalue weighted by Crippen LogP contribution is -2.35. The van der Waals surface area contributed by atoms with E-state index in [4.69, 9.17) is 21.1 Å². The molecule has 1 heterocycles. The molecule has 3 rings (SSSR count). The standard InChI is InChI=1S/C15H17ClN2O5/c16-13-7-10(18(20)21)3-4-12(13)14(19)17-8-11-9-22-15(23-11)5-1-2-6-15/h3-4,7,11H,1-2,5-6,8-9H2,(H,17,19)/t11-/m1/s1. The van der Waals surface area contributed by atoms with Crippen LogP contribution in [-0.4, -0.2) is 35.9 Å². The van der Waals surface area contributed by atoms with E-state index in [1.807, 2.05) is 0 Å². The summed E-state index contributed by atoms with van der Waals surface area (Å²) in [4.78, 5) is 22.3. The summed E-state index contributed by atoms with van der Waals surface area (Å²) >= 11 is 5.94. The molecule has 1 spiro atoms. The number of carbonyl (C=O) groups excluding carboxylic acids is 1. The van der Waals surface area contributed by atoms with Gasteiger partial charge in [-0.25, -0.2) is 0 Å². The summed E-state index contributed by atoms with van der Waals surface area (Å²) in [6.07, 6.45) is 3.79. The Balaban J connectivity index is 1.56. The maximum absolute atomic E-state index is 12.2. The molecular weight excluding hydrogens is 324 g/mol. The van der Waals surface area contributed by atoms with Crippen molar-refractivity contribution in [1.29, 1.82) is 0 Å². The third kappa shape index (κ3) is 3.46. The van der Waals surface area contributed by atoms with Crippen molar-refractivity contribution < 1.29 is 19.2 Å². The fraction of sp³-hybridized carbons (Fsp3) is 0.533. The van der Waals surface area contributed by atoms with Crippen LogP contribution in [0.2, 0.25) is 5.02 Å². The number of nitrogens with zero attached hydrogens (tertiary/aromatic N) is 1. The molecule has 1 aliphatic heterocycles. The summed E-state index contributed by atoms with van der Waals surface area (Å²) < 4.78 is 11.7. The predicted molar refractivity (Wildman–Crippen MR) is 82.5 cm³/mol. The van der Waals surface area contributed by atoms with Gasteiger partial charge in [-0.15, -0.1) is 0 Å². The maximum Gasteiger partial charge on any atom is 0.270 e. The van der Waals surface area contributed by atoms with Crippen molar-refractivity contribution in [2.24, 2.45) is 0 Å². The van der Waals surface area contributed by atoms with Crippen LogP contribution in [0.3, 0.4) is 0 Å². The van der Waals surface area contributed by atoms with Crippen molar-refractivity contribution in [3.05, 3.63) is 38.9 Å². The van der Waals surface area contributed by atoms with E-state index in [-0.39, 0.29) is 28.3 Å². The molecule has 0 aromatic heterocycles. The zero-order chi connectivity index (χ0) is 16.4. The Labute approximate surface area is 138 Å². The summed E-state index contributed by atoms with van der Waals surface area (Å²) in [5.41, 5.74) is 0.0500. The van der Waals surface area contributed by atoms with E-state index < -0.39 is 10.7 Å². The van der Waals surface area contributed by atoms with Gasteiger partial charge in [0.1, 0.15) is 6.10 Å². The number of rotatable bonds is 4. The molecule has 1 aromatic rings. The van der Waals surface area contributed by atoms with Crippen LogP contribution >= 0.6 is 11.6 Å². The van der Waals surface area contributed by atoms with E-state index in [1.54, 1.807) is 0 Å². The minimum absolute atomic E-state index is 0.0487. The summed E-state index contributed by atoms with van der Waals surface area (Å²) in [5.74, 6) is -0.846. The van der Waals surface area contributed by atoms with Gasteiger partial charge in [0.15, 0.2) is 5.79 Å². The molecule has 2 aliphatic rings. The number of carbonyl (C=O) groups is 1. The summed E-state index contributed by atoms with van der Waals surface area (Å²) in [6.45, 7) is 0.766. The highest BCUT2D eigenvalue weighted by molar-refractivity contribution is 6.34. The second-order valence-electron chi connectivity index (χ2n) is 5.80. The van der Waals surface area contributed by atoms with Crippen LogP contribution in [0, 0.1) is 10.1 Å². The molecule has 8 heteroatoms. The maximum atomic E-state index is 12.2. The Bertz CT molecular complexity index is 630. The first-order valence-electron chi connectivity index (χ1n) is 7.53. The van der Waals surface area contributed by atoms with Crippen LogP contribution in [0.15, 0.2) is 18.2 Å². The fourth-order valence-electron chi connectivity index (χ4n) is 3.00. The van der Waals surface area contributed by atoms with Gasteiger partial charge >= 0.3 is 0 Å². The molecule has 7 nitrogen and oxygen atoms in total. The van der Waals surface area contributed by atoms with Crippen molar-refractivity contribution in [3.63, 3.8) is 0 Å². The Hall–Kier alpha value is -1.70. The summed E-state index contributed by atoms with van der Waals surface area (Å²) in [5, 5.41) is 13.5. The van der Waals surface area contributed by atoms with Crippen LogP contribution in [0.5, 0.6) is 0 Å². The van der Waals surface area contributed by atoms with Crippen molar-refractivity contribution in [2.45, 2.75) is 37.6 Å². The average Bonchev–Trinajstić information content (AvgIpc) is 3.15. The molecule has 1 saturated carbocycles. The third-order valence-electron chi connectivity index (χ3n) is 4.18. The molecule has 1 amide bonds. The fourth-order valence-corrected chi connectivity index (χ4v) is 3.26. The number of hydrogen-bond acceptors (Lipinski definition) is 5. The van der Waals surface area contributed by atoms with Crippen LogP contribution < -0.4 is 5.32 Å². The van der Waals surface area contributed by atoms with Gasteiger partial charge in [0.25, 0.3) is 11.6 Å². The van der Waals surface area contributed by atoms with E-state index in [0.29, 0.717) is 13.2 Å². The number of amides is 1. The SMILES string of the molecule is O=C(NC[C@@H]1COC2(CCCC2)O1)c1ccc([N+](=O)[O-])cc1Cl. The minimum Gasteiger partial charge on any atom is -0.349 e. The second-order valence-corrected chi connectivity index (χ2v) is 6.21. The molecule has 124 valence electrons. The van der Waals surface area contributed by atoms with E-state index >= 15 is 0 Å². The van der Waals surface area contributed by atoms with Gasteiger partial charge in [0.2, 0.25) is 0 Å². The topological polar surface area (TPSA) is 90.7 Å². The Morgan fingerprint density at radius 1 is 1.43 bits per heavy atom. The quantitative estimate of drug-likeness (QED) is 0.672. The lowest BCUT2D eigenvalue weighted by Gasteiger charge is -2.22. The Kier molecular flexibility index (Phi) is 4.52. The molecule has 1 aromatic carbocycles. The van der Waals surface area contributed by atoms with Crippen molar-refractivity contribution >= 4 is 23.2 Å². The predicted octanol–water partition coefficient (Wildman–Crippen LogP) is 2.66. The van der Waals surface area contributed by atoms with E-state index in [1.165, 1.54) is 18.2 Å². The third-order valence-corrected chi connectivity index (χ3v) is 4.49. The molecule has 1 N–H and O–H groups in total. The number of hydrogen-bond donors (Lipinski definition) is 1. The smallest absolute Gasteiger partial charge is 0.270 e. The van der Waals surface area contributed by atoms with E-state index in [9.17, 15) is 14.9 Å². The number of nitro groups is 1. The lowest BCUT2D eigenvalue weighted by molar-refractivity contribution is -0.384. The average molecular weight is 341 g/mol. The monoisotopic (exact) mass is 340 g/mol. The molecule has 1 saturated heterocycles. The number of ether oxygens (including phenoxy) is 2. The first kappa shape index (κ1) is 16.2. The highest BCUT2D eigenvalue weighted by atomic mass is 35.5.